The number of anilines is 2. The van der Waals surface area contributed by atoms with Crippen LogP contribution in [0.25, 0.3) is 0 Å². The Hall–Kier alpha value is -4.31. The van der Waals surface area contributed by atoms with Crippen LogP contribution in [-0.2, 0) is 9.53 Å². The SMILES string of the molecule is CCOC(=O)c1c(NC(=O)CN2C(=O)c3ccccc3C2=O)sc(C(=O)Nc2ccccc2)c1C. The molecule has 35 heavy (non-hydrogen) atoms. The van der Waals surface area contributed by atoms with Gasteiger partial charge in [0.15, 0.2) is 0 Å². The quantitative estimate of drug-likeness (QED) is 0.384. The van der Waals surface area contributed by atoms with E-state index in [-0.39, 0.29) is 33.2 Å². The third-order valence-electron chi connectivity index (χ3n) is 5.30. The van der Waals surface area contributed by atoms with Crippen molar-refractivity contribution >= 4 is 51.6 Å². The predicted octanol–water partition coefficient (Wildman–Crippen LogP) is 3.72. The van der Waals surface area contributed by atoms with Crippen molar-refractivity contribution in [1.82, 2.24) is 4.90 Å². The Balaban J connectivity index is 1.57. The van der Waals surface area contributed by atoms with Gasteiger partial charge in [0.05, 0.1) is 28.2 Å². The highest BCUT2D eigenvalue weighted by atomic mass is 32.1. The van der Waals surface area contributed by atoms with E-state index in [1.165, 1.54) is 12.1 Å². The number of hydrogen-bond acceptors (Lipinski definition) is 7. The lowest BCUT2D eigenvalue weighted by Crippen LogP contribution is -2.37. The standard InChI is InChI=1S/C25H21N3O6S/c1-3-34-25(33)19-14(2)20(21(30)26-15-9-5-4-6-10-15)35-22(19)27-18(29)13-28-23(31)16-11-7-8-12-17(16)24(28)32/h4-12H,3,13H2,1-2H3,(H,26,30)(H,27,29). The van der Waals surface area contributed by atoms with Gasteiger partial charge in [-0.3, -0.25) is 24.1 Å². The molecule has 0 radical (unpaired) electrons. The number of thiophene rings is 1. The molecule has 178 valence electrons. The van der Waals surface area contributed by atoms with Gasteiger partial charge < -0.3 is 15.4 Å². The molecule has 2 N–H and O–H groups in total. The first-order valence-corrected chi connectivity index (χ1v) is 11.6. The van der Waals surface area contributed by atoms with Crippen LogP contribution < -0.4 is 10.6 Å². The molecule has 1 aromatic heterocycles. The molecule has 0 spiro atoms. The highest BCUT2D eigenvalue weighted by molar-refractivity contribution is 7.19. The molecule has 9 nitrogen and oxygen atoms in total. The highest BCUT2D eigenvalue weighted by Crippen LogP contribution is 2.34. The van der Waals surface area contributed by atoms with E-state index in [9.17, 15) is 24.0 Å². The molecule has 2 heterocycles. The molecule has 4 amide bonds. The summed E-state index contributed by atoms with van der Waals surface area (Å²) in [4.78, 5) is 64.6. The van der Waals surface area contributed by atoms with Crippen LogP contribution in [0.2, 0.25) is 0 Å². The second-order valence-electron chi connectivity index (χ2n) is 7.59. The fourth-order valence-corrected chi connectivity index (χ4v) is 4.78. The number of rotatable bonds is 7. The minimum atomic E-state index is -0.698. The Kier molecular flexibility index (Phi) is 6.74. The zero-order valence-corrected chi connectivity index (χ0v) is 19.7. The van der Waals surface area contributed by atoms with E-state index in [1.807, 2.05) is 6.07 Å². The Bertz CT molecular complexity index is 1310. The first-order chi connectivity index (χ1) is 16.8. The van der Waals surface area contributed by atoms with Crippen LogP contribution in [0.4, 0.5) is 10.7 Å². The molecule has 0 fully saturated rings. The molecule has 4 rings (SSSR count). The van der Waals surface area contributed by atoms with Gasteiger partial charge in [-0.15, -0.1) is 11.3 Å². The highest BCUT2D eigenvalue weighted by Gasteiger charge is 2.36. The van der Waals surface area contributed by atoms with Crippen LogP contribution in [0, 0.1) is 6.92 Å². The molecule has 0 aliphatic carbocycles. The molecule has 0 unspecified atom stereocenters. The molecule has 0 bridgehead atoms. The first kappa shape index (κ1) is 23.8. The fourth-order valence-electron chi connectivity index (χ4n) is 3.67. The summed E-state index contributed by atoms with van der Waals surface area (Å²) >= 11 is 0.910. The number of carbonyl (C=O) groups is 5. The van der Waals surface area contributed by atoms with Crippen molar-refractivity contribution in [2.45, 2.75) is 13.8 Å². The predicted molar refractivity (Wildman–Crippen MR) is 130 cm³/mol. The number of imide groups is 1. The molecule has 1 aliphatic heterocycles. The molecule has 2 aromatic carbocycles. The maximum absolute atomic E-state index is 12.9. The molecule has 10 heteroatoms. The third-order valence-corrected chi connectivity index (χ3v) is 6.50. The summed E-state index contributed by atoms with van der Waals surface area (Å²) in [6.45, 7) is 2.78. The number of nitrogens with zero attached hydrogens (tertiary/aromatic N) is 1. The van der Waals surface area contributed by atoms with E-state index in [4.69, 9.17) is 4.74 Å². The summed E-state index contributed by atoms with van der Waals surface area (Å²) in [6, 6.07) is 15.1. The maximum atomic E-state index is 12.9. The van der Waals surface area contributed by atoms with Crippen molar-refractivity contribution in [3.05, 3.63) is 81.7 Å². The first-order valence-electron chi connectivity index (χ1n) is 10.7. The zero-order chi connectivity index (χ0) is 25.1. The van der Waals surface area contributed by atoms with E-state index in [0.717, 1.165) is 16.2 Å². The minimum absolute atomic E-state index is 0.0470. The number of benzene rings is 2. The third kappa shape index (κ3) is 4.69. The van der Waals surface area contributed by atoms with Gasteiger partial charge in [-0.05, 0) is 43.7 Å². The average Bonchev–Trinajstić information content (AvgIpc) is 3.29. The summed E-state index contributed by atoms with van der Waals surface area (Å²) < 4.78 is 5.12. The summed E-state index contributed by atoms with van der Waals surface area (Å²) in [5, 5.41) is 5.43. The number of amides is 4. The number of nitrogens with one attached hydrogen (secondary N) is 2. The Morgan fingerprint density at radius 3 is 2.11 bits per heavy atom. The van der Waals surface area contributed by atoms with Gasteiger partial charge >= 0.3 is 5.97 Å². The van der Waals surface area contributed by atoms with Gasteiger partial charge in [-0.1, -0.05) is 30.3 Å². The van der Waals surface area contributed by atoms with Crippen molar-refractivity contribution in [2.75, 3.05) is 23.8 Å². The Morgan fingerprint density at radius 1 is 0.914 bits per heavy atom. The number of fused-ring (bicyclic) bond motifs is 1. The molecule has 0 saturated carbocycles. The van der Waals surface area contributed by atoms with Crippen LogP contribution >= 0.6 is 11.3 Å². The van der Waals surface area contributed by atoms with E-state index in [2.05, 4.69) is 10.6 Å². The monoisotopic (exact) mass is 491 g/mol. The number of hydrogen-bond donors (Lipinski definition) is 2. The zero-order valence-electron chi connectivity index (χ0n) is 18.9. The van der Waals surface area contributed by atoms with Gasteiger partial charge in [-0.2, -0.15) is 0 Å². The molecular weight excluding hydrogens is 470 g/mol. The lowest BCUT2D eigenvalue weighted by atomic mass is 10.1. The minimum Gasteiger partial charge on any atom is -0.462 e. The van der Waals surface area contributed by atoms with Gasteiger partial charge in [-0.25, -0.2) is 4.79 Å². The van der Waals surface area contributed by atoms with Gasteiger partial charge in [0.25, 0.3) is 17.7 Å². The second-order valence-corrected chi connectivity index (χ2v) is 8.61. The summed E-state index contributed by atoms with van der Waals surface area (Å²) in [6.07, 6.45) is 0. The van der Waals surface area contributed by atoms with Crippen LogP contribution in [0.15, 0.2) is 54.6 Å². The van der Waals surface area contributed by atoms with E-state index in [0.29, 0.717) is 11.3 Å². The second kappa shape index (κ2) is 9.90. The lowest BCUT2D eigenvalue weighted by molar-refractivity contribution is -0.116. The average molecular weight is 492 g/mol. The topological polar surface area (TPSA) is 122 Å². The van der Waals surface area contributed by atoms with Crippen LogP contribution in [0.3, 0.4) is 0 Å². The summed E-state index contributed by atoms with van der Waals surface area (Å²) in [5.41, 5.74) is 1.41. The largest absolute Gasteiger partial charge is 0.462 e. The summed E-state index contributed by atoms with van der Waals surface area (Å²) in [7, 11) is 0. The van der Waals surface area contributed by atoms with Crippen molar-refractivity contribution in [3.8, 4) is 0 Å². The van der Waals surface area contributed by atoms with Gasteiger partial charge in [0.1, 0.15) is 11.5 Å². The Labute approximate surface area is 204 Å². The van der Waals surface area contributed by atoms with E-state index in [1.54, 1.807) is 50.2 Å². The van der Waals surface area contributed by atoms with Crippen molar-refractivity contribution in [1.29, 1.82) is 0 Å². The van der Waals surface area contributed by atoms with Gasteiger partial charge in [0, 0.05) is 5.69 Å². The van der Waals surface area contributed by atoms with Crippen molar-refractivity contribution in [2.24, 2.45) is 0 Å². The molecule has 3 aromatic rings. The summed E-state index contributed by atoms with van der Waals surface area (Å²) in [5.74, 6) is -2.99. The molecule has 0 atom stereocenters. The van der Waals surface area contributed by atoms with E-state index < -0.39 is 36.1 Å². The number of para-hydroxylation sites is 1. The Morgan fingerprint density at radius 2 is 1.51 bits per heavy atom. The van der Waals surface area contributed by atoms with Crippen LogP contribution in [-0.4, -0.2) is 47.6 Å². The molecule has 0 saturated heterocycles. The lowest BCUT2D eigenvalue weighted by Gasteiger charge is -2.13. The smallest absolute Gasteiger partial charge is 0.341 e. The molecule has 1 aliphatic rings. The molecular formula is C25H21N3O6S. The number of ether oxygens (including phenoxy) is 1. The fraction of sp³-hybridized carbons (Fsp3) is 0.160. The number of carbonyl (C=O) groups excluding carboxylic acids is 5. The maximum Gasteiger partial charge on any atom is 0.341 e. The van der Waals surface area contributed by atoms with Crippen LogP contribution in [0.5, 0.6) is 0 Å². The van der Waals surface area contributed by atoms with Crippen molar-refractivity contribution in [3.63, 3.8) is 0 Å². The number of esters is 1. The van der Waals surface area contributed by atoms with E-state index >= 15 is 0 Å². The normalized spacial score (nSPS) is 12.3. The van der Waals surface area contributed by atoms with Crippen LogP contribution in [0.1, 0.15) is 53.2 Å². The van der Waals surface area contributed by atoms with Gasteiger partial charge in [0.2, 0.25) is 5.91 Å². The van der Waals surface area contributed by atoms with Crippen molar-refractivity contribution < 1.29 is 28.7 Å².